The van der Waals surface area contributed by atoms with Gasteiger partial charge in [0.05, 0.1) is 12.1 Å². The van der Waals surface area contributed by atoms with Crippen molar-refractivity contribution in [3.05, 3.63) is 63.2 Å². The molecule has 2 aromatic rings. The first-order valence-electron chi connectivity index (χ1n) is 7.16. The first-order valence-corrected chi connectivity index (χ1v) is 8.24. The summed E-state index contributed by atoms with van der Waals surface area (Å²) < 4.78 is 0.817. The molecule has 0 aliphatic heterocycles. The molecule has 24 heavy (non-hydrogen) atoms. The summed E-state index contributed by atoms with van der Waals surface area (Å²) in [6.45, 7) is -0.138. The van der Waals surface area contributed by atoms with E-state index in [1.165, 1.54) is 0 Å². The molecule has 0 saturated carbocycles. The second kappa shape index (κ2) is 8.44. The summed E-state index contributed by atoms with van der Waals surface area (Å²) in [6.07, 6.45) is 0. The lowest BCUT2D eigenvalue weighted by Crippen LogP contribution is -2.33. The van der Waals surface area contributed by atoms with Crippen LogP contribution in [0.5, 0.6) is 0 Å². The molecule has 0 aromatic heterocycles. The van der Waals surface area contributed by atoms with Crippen molar-refractivity contribution in [3.8, 4) is 0 Å². The van der Waals surface area contributed by atoms with Crippen LogP contribution in [0, 0.1) is 3.57 Å². The maximum absolute atomic E-state index is 12.0. The summed E-state index contributed by atoms with van der Waals surface area (Å²) in [5, 5.41) is 7.76. The lowest BCUT2D eigenvalue weighted by molar-refractivity contribution is -0.115. The van der Waals surface area contributed by atoms with E-state index in [1.54, 1.807) is 43.4 Å². The standard InChI is InChI=1S/C17H16IN3O3/c1-19-16(23)11-6-8-12(9-7-11)21-15(22)10-20-17(24)13-4-2-3-5-14(13)18/h2-9H,10H2,1H3,(H,19,23)(H,20,24)(H,21,22). The molecule has 0 fully saturated rings. The topological polar surface area (TPSA) is 87.3 Å². The van der Waals surface area contributed by atoms with E-state index in [1.807, 2.05) is 12.1 Å². The van der Waals surface area contributed by atoms with Crippen LogP contribution in [0.3, 0.4) is 0 Å². The minimum absolute atomic E-state index is 0.138. The van der Waals surface area contributed by atoms with Gasteiger partial charge in [0.1, 0.15) is 0 Å². The van der Waals surface area contributed by atoms with Gasteiger partial charge in [-0.3, -0.25) is 14.4 Å². The molecular weight excluding hydrogens is 421 g/mol. The molecule has 0 unspecified atom stereocenters. The van der Waals surface area contributed by atoms with E-state index in [0.717, 1.165) is 3.57 Å². The second-order valence-electron chi connectivity index (χ2n) is 4.87. The highest BCUT2D eigenvalue weighted by Crippen LogP contribution is 2.11. The van der Waals surface area contributed by atoms with Gasteiger partial charge < -0.3 is 16.0 Å². The summed E-state index contributed by atoms with van der Waals surface area (Å²) >= 11 is 2.07. The fourth-order valence-electron chi connectivity index (χ4n) is 1.96. The number of carbonyl (C=O) groups is 3. The van der Waals surface area contributed by atoms with Crippen LogP contribution in [0.4, 0.5) is 5.69 Å². The van der Waals surface area contributed by atoms with Gasteiger partial charge in [-0.15, -0.1) is 0 Å². The van der Waals surface area contributed by atoms with Gasteiger partial charge in [-0.25, -0.2) is 0 Å². The lowest BCUT2D eigenvalue weighted by atomic mass is 10.2. The molecule has 6 nitrogen and oxygen atoms in total. The molecule has 124 valence electrons. The van der Waals surface area contributed by atoms with E-state index < -0.39 is 0 Å². The second-order valence-corrected chi connectivity index (χ2v) is 6.03. The SMILES string of the molecule is CNC(=O)c1ccc(NC(=O)CNC(=O)c2ccccc2I)cc1. The zero-order valence-electron chi connectivity index (χ0n) is 12.9. The number of halogens is 1. The number of amides is 3. The normalized spacial score (nSPS) is 9.92. The monoisotopic (exact) mass is 437 g/mol. The highest BCUT2D eigenvalue weighted by atomic mass is 127. The Kier molecular flexibility index (Phi) is 6.30. The number of carbonyl (C=O) groups excluding carboxylic acids is 3. The van der Waals surface area contributed by atoms with E-state index in [2.05, 4.69) is 38.5 Å². The highest BCUT2D eigenvalue weighted by Gasteiger charge is 2.11. The van der Waals surface area contributed by atoms with Gasteiger partial charge in [0.15, 0.2) is 0 Å². The lowest BCUT2D eigenvalue weighted by Gasteiger charge is -2.08. The van der Waals surface area contributed by atoms with Crippen LogP contribution in [0.25, 0.3) is 0 Å². The molecule has 0 aliphatic carbocycles. The average Bonchev–Trinajstić information content (AvgIpc) is 2.60. The molecule has 3 N–H and O–H groups in total. The van der Waals surface area contributed by atoms with E-state index in [9.17, 15) is 14.4 Å². The number of nitrogens with one attached hydrogen (secondary N) is 3. The highest BCUT2D eigenvalue weighted by molar-refractivity contribution is 14.1. The number of rotatable bonds is 5. The van der Waals surface area contributed by atoms with Crippen molar-refractivity contribution in [2.75, 3.05) is 18.9 Å². The maximum atomic E-state index is 12.0. The molecule has 0 spiro atoms. The number of hydrogen-bond acceptors (Lipinski definition) is 3. The quantitative estimate of drug-likeness (QED) is 0.626. The smallest absolute Gasteiger partial charge is 0.252 e. The van der Waals surface area contributed by atoms with Crippen LogP contribution in [0.1, 0.15) is 20.7 Å². The summed E-state index contributed by atoms with van der Waals surface area (Å²) in [6, 6.07) is 13.6. The van der Waals surface area contributed by atoms with Crippen molar-refractivity contribution in [1.29, 1.82) is 0 Å². The average molecular weight is 437 g/mol. The predicted molar refractivity (Wildman–Crippen MR) is 100.0 cm³/mol. The Bertz CT molecular complexity index is 760. The molecule has 2 rings (SSSR count). The Hall–Kier alpha value is -2.42. The molecule has 3 amide bonds. The van der Waals surface area contributed by atoms with Crippen molar-refractivity contribution in [3.63, 3.8) is 0 Å². The van der Waals surface area contributed by atoms with Crippen molar-refractivity contribution in [1.82, 2.24) is 10.6 Å². The van der Waals surface area contributed by atoms with Crippen LogP contribution >= 0.6 is 22.6 Å². The summed E-state index contributed by atoms with van der Waals surface area (Å²) in [4.78, 5) is 35.4. The number of anilines is 1. The summed E-state index contributed by atoms with van der Waals surface area (Å²) in [7, 11) is 1.55. The molecule has 0 atom stereocenters. The van der Waals surface area contributed by atoms with Crippen LogP contribution in [-0.4, -0.2) is 31.3 Å². The Morgan fingerprint density at radius 3 is 2.25 bits per heavy atom. The number of benzene rings is 2. The van der Waals surface area contributed by atoms with Gasteiger partial charge in [-0.1, -0.05) is 12.1 Å². The van der Waals surface area contributed by atoms with Gasteiger partial charge in [0.25, 0.3) is 11.8 Å². The van der Waals surface area contributed by atoms with Gasteiger partial charge >= 0.3 is 0 Å². The van der Waals surface area contributed by atoms with Crippen molar-refractivity contribution < 1.29 is 14.4 Å². The summed E-state index contributed by atoms with van der Waals surface area (Å²) in [5.41, 5.74) is 1.58. The molecular formula is C17H16IN3O3. The molecule has 0 heterocycles. The molecule has 7 heteroatoms. The number of hydrogen-bond donors (Lipinski definition) is 3. The van der Waals surface area contributed by atoms with Crippen molar-refractivity contribution >= 4 is 46.0 Å². The molecule has 0 radical (unpaired) electrons. The van der Waals surface area contributed by atoms with Crippen molar-refractivity contribution in [2.45, 2.75) is 0 Å². The van der Waals surface area contributed by atoms with Crippen LogP contribution < -0.4 is 16.0 Å². The molecule has 0 saturated heterocycles. The minimum atomic E-state index is -0.345. The van der Waals surface area contributed by atoms with E-state index in [-0.39, 0.29) is 24.3 Å². The fourth-order valence-corrected chi connectivity index (χ4v) is 2.59. The first kappa shape index (κ1) is 17.9. The van der Waals surface area contributed by atoms with Crippen LogP contribution in [0.15, 0.2) is 48.5 Å². The Morgan fingerprint density at radius 2 is 1.62 bits per heavy atom. The Morgan fingerprint density at radius 1 is 0.958 bits per heavy atom. The molecule has 0 bridgehead atoms. The summed E-state index contributed by atoms with van der Waals surface area (Å²) in [5.74, 6) is -0.843. The zero-order valence-corrected chi connectivity index (χ0v) is 15.1. The Labute approximate surface area is 153 Å². The van der Waals surface area contributed by atoms with E-state index >= 15 is 0 Å². The Balaban J connectivity index is 1.88. The third-order valence-corrected chi connectivity index (χ3v) is 4.13. The van der Waals surface area contributed by atoms with Crippen LogP contribution in [0.2, 0.25) is 0 Å². The van der Waals surface area contributed by atoms with E-state index in [0.29, 0.717) is 16.8 Å². The third-order valence-electron chi connectivity index (χ3n) is 3.19. The van der Waals surface area contributed by atoms with Gasteiger partial charge in [0, 0.05) is 21.9 Å². The first-order chi connectivity index (χ1) is 11.5. The zero-order chi connectivity index (χ0) is 17.5. The third kappa shape index (κ3) is 4.79. The van der Waals surface area contributed by atoms with E-state index in [4.69, 9.17) is 0 Å². The molecule has 0 aliphatic rings. The maximum Gasteiger partial charge on any atom is 0.252 e. The van der Waals surface area contributed by atoms with Gasteiger partial charge in [-0.2, -0.15) is 0 Å². The van der Waals surface area contributed by atoms with Gasteiger partial charge in [-0.05, 0) is 59.0 Å². The van der Waals surface area contributed by atoms with Gasteiger partial charge in [0.2, 0.25) is 5.91 Å². The fraction of sp³-hybridized carbons (Fsp3) is 0.118. The van der Waals surface area contributed by atoms with Crippen molar-refractivity contribution in [2.24, 2.45) is 0 Å². The minimum Gasteiger partial charge on any atom is -0.355 e. The predicted octanol–water partition coefficient (Wildman–Crippen LogP) is 2.02. The molecule has 2 aromatic carbocycles. The largest absolute Gasteiger partial charge is 0.355 e. The van der Waals surface area contributed by atoms with Crippen LogP contribution in [-0.2, 0) is 4.79 Å².